The molecule has 0 aliphatic carbocycles. The van der Waals surface area contributed by atoms with Crippen molar-refractivity contribution in [3.63, 3.8) is 0 Å². The molecule has 1 aromatic rings. The lowest BCUT2D eigenvalue weighted by Gasteiger charge is -1.95. The second kappa shape index (κ2) is 4.70. The predicted molar refractivity (Wildman–Crippen MR) is 57.7 cm³/mol. The lowest BCUT2D eigenvalue weighted by molar-refractivity contribution is -0.139. The van der Waals surface area contributed by atoms with E-state index in [1.54, 1.807) is 6.07 Å². The standard InChI is InChI=1S/C9H9BrO3S/c1-5-6(10)3-8(14-5)7(11)4-9(12)13-2/h3H,4H2,1-2H3. The summed E-state index contributed by atoms with van der Waals surface area (Å²) in [4.78, 5) is 23.9. The minimum Gasteiger partial charge on any atom is -0.469 e. The number of hydrogen-bond donors (Lipinski definition) is 0. The van der Waals surface area contributed by atoms with E-state index in [0.717, 1.165) is 9.35 Å². The van der Waals surface area contributed by atoms with Gasteiger partial charge in [-0.15, -0.1) is 11.3 Å². The minimum absolute atomic E-state index is 0.192. The zero-order valence-electron chi connectivity index (χ0n) is 7.80. The third kappa shape index (κ3) is 2.65. The Balaban J connectivity index is 2.75. The molecule has 0 radical (unpaired) electrons. The lowest BCUT2D eigenvalue weighted by Crippen LogP contribution is -2.08. The summed E-state index contributed by atoms with van der Waals surface area (Å²) in [5.74, 6) is -0.701. The number of Topliss-reactive ketones (excluding diaryl/α,β-unsaturated/α-hetero) is 1. The number of methoxy groups -OCH3 is 1. The van der Waals surface area contributed by atoms with Crippen LogP contribution in [0.2, 0.25) is 0 Å². The van der Waals surface area contributed by atoms with Crippen LogP contribution in [0.15, 0.2) is 10.5 Å². The summed E-state index contributed by atoms with van der Waals surface area (Å²) in [6, 6.07) is 1.73. The summed E-state index contributed by atoms with van der Waals surface area (Å²) >= 11 is 4.68. The molecule has 0 aromatic carbocycles. The smallest absolute Gasteiger partial charge is 0.313 e. The number of hydrogen-bond acceptors (Lipinski definition) is 4. The van der Waals surface area contributed by atoms with Crippen molar-refractivity contribution in [2.45, 2.75) is 13.3 Å². The number of ether oxygens (including phenoxy) is 1. The van der Waals surface area contributed by atoms with Gasteiger partial charge in [0.2, 0.25) is 0 Å². The Bertz CT molecular complexity index is 351. The van der Waals surface area contributed by atoms with Gasteiger partial charge in [0.15, 0.2) is 5.78 Å². The highest BCUT2D eigenvalue weighted by Crippen LogP contribution is 2.27. The SMILES string of the molecule is COC(=O)CC(=O)c1cc(Br)c(C)s1. The topological polar surface area (TPSA) is 43.4 Å². The number of halogens is 1. The summed E-state index contributed by atoms with van der Waals surface area (Å²) in [6.07, 6.45) is -0.192. The molecule has 0 saturated carbocycles. The van der Waals surface area contributed by atoms with Crippen LogP contribution in [-0.2, 0) is 9.53 Å². The quantitative estimate of drug-likeness (QED) is 0.484. The number of aryl methyl sites for hydroxylation is 1. The first kappa shape index (κ1) is 11.4. The fraction of sp³-hybridized carbons (Fsp3) is 0.333. The lowest BCUT2D eigenvalue weighted by atomic mass is 10.2. The third-order valence-corrected chi connectivity index (χ3v) is 3.84. The van der Waals surface area contributed by atoms with E-state index in [1.807, 2.05) is 6.92 Å². The van der Waals surface area contributed by atoms with E-state index in [-0.39, 0.29) is 12.2 Å². The van der Waals surface area contributed by atoms with Gasteiger partial charge in [0.25, 0.3) is 0 Å². The molecule has 14 heavy (non-hydrogen) atoms. The number of carbonyl (C=O) groups is 2. The Kier molecular flexibility index (Phi) is 3.83. The average Bonchev–Trinajstić information content (AvgIpc) is 2.47. The van der Waals surface area contributed by atoms with Crippen molar-refractivity contribution in [2.75, 3.05) is 7.11 Å². The van der Waals surface area contributed by atoms with Crippen LogP contribution in [0, 0.1) is 6.92 Å². The Hall–Kier alpha value is -0.680. The van der Waals surface area contributed by atoms with E-state index in [9.17, 15) is 9.59 Å². The molecule has 3 nitrogen and oxygen atoms in total. The number of esters is 1. The maximum atomic E-state index is 11.5. The number of ketones is 1. The molecule has 5 heteroatoms. The van der Waals surface area contributed by atoms with Crippen molar-refractivity contribution in [2.24, 2.45) is 0 Å². The normalized spacial score (nSPS) is 9.93. The van der Waals surface area contributed by atoms with Gasteiger partial charge >= 0.3 is 5.97 Å². The third-order valence-electron chi connectivity index (χ3n) is 1.66. The predicted octanol–water partition coefficient (Wildman–Crippen LogP) is 2.56. The summed E-state index contributed by atoms with van der Waals surface area (Å²) in [7, 11) is 1.27. The Morgan fingerprint density at radius 2 is 2.21 bits per heavy atom. The van der Waals surface area contributed by atoms with E-state index >= 15 is 0 Å². The van der Waals surface area contributed by atoms with Crippen LogP contribution in [0.1, 0.15) is 21.0 Å². The van der Waals surface area contributed by atoms with Gasteiger partial charge in [-0.25, -0.2) is 0 Å². The molecular weight excluding hydrogens is 268 g/mol. The maximum Gasteiger partial charge on any atom is 0.313 e. The van der Waals surface area contributed by atoms with Gasteiger partial charge in [-0.2, -0.15) is 0 Å². The van der Waals surface area contributed by atoms with Gasteiger partial charge in [-0.05, 0) is 28.9 Å². The van der Waals surface area contributed by atoms with Crippen LogP contribution >= 0.6 is 27.3 Å². The van der Waals surface area contributed by atoms with Crippen LogP contribution in [0.4, 0.5) is 0 Å². The maximum absolute atomic E-state index is 11.5. The molecule has 0 aliphatic rings. The number of thiophene rings is 1. The molecule has 0 N–H and O–H groups in total. The highest BCUT2D eigenvalue weighted by molar-refractivity contribution is 9.10. The van der Waals surface area contributed by atoms with Gasteiger partial charge in [0.05, 0.1) is 12.0 Å². The molecule has 0 aliphatic heterocycles. The fourth-order valence-electron chi connectivity index (χ4n) is 0.888. The first-order valence-corrected chi connectivity index (χ1v) is 5.51. The Morgan fingerprint density at radius 1 is 1.57 bits per heavy atom. The molecule has 0 unspecified atom stereocenters. The van der Waals surface area contributed by atoms with Gasteiger partial charge in [0.1, 0.15) is 6.42 Å². The van der Waals surface area contributed by atoms with Crippen molar-refractivity contribution in [3.8, 4) is 0 Å². The highest BCUT2D eigenvalue weighted by Gasteiger charge is 2.15. The Morgan fingerprint density at radius 3 is 2.64 bits per heavy atom. The summed E-state index contributed by atoms with van der Waals surface area (Å²) in [6.45, 7) is 1.91. The van der Waals surface area contributed by atoms with E-state index in [0.29, 0.717) is 4.88 Å². The number of rotatable bonds is 3. The van der Waals surface area contributed by atoms with Crippen LogP contribution in [-0.4, -0.2) is 18.9 Å². The molecule has 1 rings (SSSR count). The number of carbonyl (C=O) groups excluding carboxylic acids is 2. The summed E-state index contributed by atoms with van der Waals surface area (Å²) in [5.41, 5.74) is 0. The fourth-order valence-corrected chi connectivity index (χ4v) is 2.36. The van der Waals surface area contributed by atoms with Crippen molar-refractivity contribution in [1.82, 2.24) is 0 Å². The molecule has 0 fully saturated rings. The van der Waals surface area contributed by atoms with E-state index in [2.05, 4.69) is 20.7 Å². The van der Waals surface area contributed by atoms with Crippen LogP contribution in [0.3, 0.4) is 0 Å². The van der Waals surface area contributed by atoms with E-state index in [4.69, 9.17) is 0 Å². The molecule has 1 heterocycles. The molecular formula is C9H9BrO3S. The van der Waals surface area contributed by atoms with Crippen molar-refractivity contribution in [3.05, 3.63) is 20.3 Å². The molecule has 0 atom stereocenters. The monoisotopic (exact) mass is 276 g/mol. The van der Waals surface area contributed by atoms with Gasteiger partial charge in [0, 0.05) is 9.35 Å². The molecule has 1 aromatic heterocycles. The second-order valence-corrected chi connectivity index (χ2v) is 4.80. The zero-order chi connectivity index (χ0) is 10.7. The summed E-state index contributed by atoms with van der Waals surface area (Å²) in [5, 5.41) is 0. The molecule has 0 saturated heterocycles. The van der Waals surface area contributed by atoms with Gasteiger partial charge < -0.3 is 4.74 Å². The van der Waals surface area contributed by atoms with E-state index in [1.165, 1.54) is 18.4 Å². The summed E-state index contributed by atoms with van der Waals surface area (Å²) < 4.78 is 5.31. The van der Waals surface area contributed by atoms with Gasteiger partial charge in [-0.3, -0.25) is 9.59 Å². The first-order chi connectivity index (χ1) is 6.54. The second-order valence-electron chi connectivity index (χ2n) is 2.69. The highest BCUT2D eigenvalue weighted by atomic mass is 79.9. The molecule has 0 bridgehead atoms. The Labute approximate surface area is 94.2 Å². The average molecular weight is 277 g/mol. The largest absolute Gasteiger partial charge is 0.469 e. The van der Waals surface area contributed by atoms with Crippen LogP contribution in [0.5, 0.6) is 0 Å². The van der Waals surface area contributed by atoms with Crippen molar-refractivity contribution >= 4 is 39.0 Å². The van der Waals surface area contributed by atoms with Crippen LogP contribution in [0.25, 0.3) is 0 Å². The van der Waals surface area contributed by atoms with Gasteiger partial charge in [-0.1, -0.05) is 0 Å². The minimum atomic E-state index is -0.503. The molecule has 76 valence electrons. The molecule has 0 spiro atoms. The molecule has 0 amide bonds. The van der Waals surface area contributed by atoms with Crippen LogP contribution < -0.4 is 0 Å². The first-order valence-electron chi connectivity index (χ1n) is 3.90. The van der Waals surface area contributed by atoms with Crippen molar-refractivity contribution in [1.29, 1.82) is 0 Å². The van der Waals surface area contributed by atoms with Crippen molar-refractivity contribution < 1.29 is 14.3 Å². The van der Waals surface area contributed by atoms with E-state index < -0.39 is 5.97 Å². The zero-order valence-corrected chi connectivity index (χ0v) is 10.2.